The van der Waals surface area contributed by atoms with Crippen molar-refractivity contribution >= 4 is 17.9 Å². The van der Waals surface area contributed by atoms with E-state index in [0.29, 0.717) is 24.8 Å². The van der Waals surface area contributed by atoms with E-state index in [4.69, 9.17) is 14.2 Å². The van der Waals surface area contributed by atoms with Gasteiger partial charge in [-0.3, -0.25) is 9.59 Å². The van der Waals surface area contributed by atoms with Gasteiger partial charge in [-0.15, -0.1) is 0 Å². The molecule has 2 aliphatic heterocycles. The molecule has 2 heterocycles. The van der Waals surface area contributed by atoms with Crippen molar-refractivity contribution in [2.24, 2.45) is 23.2 Å². The highest BCUT2D eigenvalue weighted by Crippen LogP contribution is 2.61. The van der Waals surface area contributed by atoms with E-state index in [1.807, 2.05) is 13.8 Å². The van der Waals surface area contributed by atoms with Crippen molar-refractivity contribution in [2.75, 3.05) is 0 Å². The third kappa shape index (κ3) is 2.20. The summed E-state index contributed by atoms with van der Waals surface area (Å²) in [6, 6.07) is 0. The van der Waals surface area contributed by atoms with Gasteiger partial charge < -0.3 is 14.2 Å². The van der Waals surface area contributed by atoms with Crippen LogP contribution in [0.2, 0.25) is 0 Å². The molecule has 26 heavy (non-hydrogen) atoms. The van der Waals surface area contributed by atoms with Gasteiger partial charge in [-0.25, -0.2) is 4.79 Å². The van der Waals surface area contributed by atoms with Gasteiger partial charge in [0.05, 0.1) is 5.92 Å². The smallest absolute Gasteiger partial charge is 0.334 e. The van der Waals surface area contributed by atoms with E-state index < -0.39 is 23.5 Å². The van der Waals surface area contributed by atoms with Gasteiger partial charge in [-0.05, 0) is 38.5 Å². The summed E-state index contributed by atoms with van der Waals surface area (Å²) in [6.45, 7) is 7.58. The zero-order valence-electron chi connectivity index (χ0n) is 15.7. The first-order chi connectivity index (χ1) is 12.3. The molecule has 0 N–H and O–H groups in total. The van der Waals surface area contributed by atoms with Crippen LogP contribution < -0.4 is 0 Å². The van der Waals surface area contributed by atoms with E-state index in [1.54, 1.807) is 6.92 Å². The Hall–Kier alpha value is -1.85. The zero-order valence-corrected chi connectivity index (χ0v) is 15.7. The lowest BCUT2D eigenvalue weighted by Gasteiger charge is -2.50. The molecule has 0 spiro atoms. The molecule has 2 aliphatic carbocycles. The first kappa shape index (κ1) is 17.6. The predicted molar refractivity (Wildman–Crippen MR) is 90.7 cm³/mol. The minimum atomic E-state index is -0.476. The maximum absolute atomic E-state index is 12.8. The second-order valence-electron chi connectivity index (χ2n) is 8.43. The Morgan fingerprint density at radius 1 is 1.31 bits per heavy atom. The molecule has 0 bridgehead atoms. The van der Waals surface area contributed by atoms with Gasteiger partial charge in [0.2, 0.25) is 0 Å². The van der Waals surface area contributed by atoms with Crippen LogP contribution in [0.5, 0.6) is 0 Å². The summed E-state index contributed by atoms with van der Waals surface area (Å²) in [7, 11) is 0. The molecule has 3 fully saturated rings. The minimum absolute atomic E-state index is 0.185. The molecule has 0 unspecified atom stereocenters. The Balaban J connectivity index is 1.68. The Labute approximate surface area is 153 Å². The summed E-state index contributed by atoms with van der Waals surface area (Å²) >= 11 is 0. The lowest BCUT2D eigenvalue weighted by atomic mass is 9.53. The molecular formula is C20H26O6. The topological polar surface area (TPSA) is 78.9 Å². The van der Waals surface area contributed by atoms with E-state index >= 15 is 0 Å². The van der Waals surface area contributed by atoms with Crippen molar-refractivity contribution < 1.29 is 28.6 Å². The summed E-state index contributed by atoms with van der Waals surface area (Å²) in [6.07, 6.45) is 1.70. The van der Waals surface area contributed by atoms with Crippen LogP contribution in [0.3, 0.4) is 0 Å². The SMILES string of the molecule is CC[C@@H](C)C(=O)O[C@H]1CC[C@@H]2C[C@@H]3OC(=O)C(C)=C3[C@@H]3OC(=O)[C@H]1[C@]23C. The van der Waals surface area contributed by atoms with Gasteiger partial charge >= 0.3 is 17.9 Å². The molecule has 4 aliphatic rings. The number of rotatable bonds is 3. The fourth-order valence-corrected chi connectivity index (χ4v) is 5.37. The highest BCUT2D eigenvalue weighted by atomic mass is 16.6. The number of hydrogen-bond donors (Lipinski definition) is 0. The molecule has 0 aromatic heterocycles. The van der Waals surface area contributed by atoms with Crippen LogP contribution >= 0.6 is 0 Å². The number of carbonyl (C=O) groups is 3. The largest absolute Gasteiger partial charge is 0.461 e. The summed E-state index contributed by atoms with van der Waals surface area (Å²) in [5.74, 6) is -1.34. The van der Waals surface area contributed by atoms with Crippen molar-refractivity contribution in [3.05, 3.63) is 11.1 Å². The van der Waals surface area contributed by atoms with Crippen LogP contribution in [0.4, 0.5) is 0 Å². The molecule has 0 amide bonds. The third-order valence-corrected chi connectivity index (χ3v) is 7.17. The van der Waals surface area contributed by atoms with E-state index in [0.717, 1.165) is 12.0 Å². The maximum atomic E-state index is 12.8. The fourth-order valence-electron chi connectivity index (χ4n) is 5.37. The van der Waals surface area contributed by atoms with Crippen molar-refractivity contribution in [2.45, 2.75) is 71.7 Å². The van der Waals surface area contributed by atoms with Crippen molar-refractivity contribution in [3.8, 4) is 0 Å². The molecule has 7 atom stereocenters. The molecule has 4 rings (SSSR count). The van der Waals surface area contributed by atoms with E-state index in [1.165, 1.54) is 0 Å². The molecule has 1 saturated heterocycles. The standard InChI is InChI=1S/C20H26O6/c1-5-9(2)17(21)24-12-7-6-11-8-13-14(10(3)18(22)25-13)16-20(11,4)15(12)19(23)26-16/h9,11-13,15-16H,5-8H2,1-4H3/t9-,11-,12+,13+,15+,16+,20+/m1/s1. The molecule has 142 valence electrons. The first-order valence-electron chi connectivity index (χ1n) is 9.61. The summed E-state index contributed by atoms with van der Waals surface area (Å²) < 4.78 is 17.1. The lowest BCUT2D eigenvalue weighted by Crippen LogP contribution is -2.55. The average Bonchev–Trinajstić information content (AvgIpc) is 3.03. The first-order valence-corrected chi connectivity index (χ1v) is 9.61. The second-order valence-corrected chi connectivity index (χ2v) is 8.43. The van der Waals surface area contributed by atoms with Crippen LogP contribution in [-0.2, 0) is 28.6 Å². The molecule has 0 radical (unpaired) electrons. The summed E-state index contributed by atoms with van der Waals surface area (Å²) in [4.78, 5) is 37.2. The summed E-state index contributed by atoms with van der Waals surface area (Å²) in [5, 5.41) is 0. The zero-order chi connectivity index (χ0) is 18.8. The molecule has 6 nitrogen and oxygen atoms in total. The Morgan fingerprint density at radius 3 is 2.73 bits per heavy atom. The predicted octanol–water partition coefficient (Wildman–Crippen LogP) is 2.55. The number of esters is 3. The lowest BCUT2D eigenvalue weighted by molar-refractivity contribution is -0.168. The molecule has 0 aromatic carbocycles. The number of hydrogen-bond acceptors (Lipinski definition) is 6. The van der Waals surface area contributed by atoms with Crippen LogP contribution in [0.15, 0.2) is 11.1 Å². The summed E-state index contributed by atoms with van der Waals surface area (Å²) in [5.41, 5.74) is 0.918. The van der Waals surface area contributed by atoms with E-state index in [-0.39, 0.29) is 35.8 Å². The maximum Gasteiger partial charge on any atom is 0.334 e. The highest BCUT2D eigenvalue weighted by molar-refractivity contribution is 5.92. The highest BCUT2D eigenvalue weighted by Gasteiger charge is 2.68. The van der Waals surface area contributed by atoms with Gasteiger partial charge in [-0.1, -0.05) is 20.8 Å². The normalized spacial score (nSPS) is 41.9. The van der Waals surface area contributed by atoms with E-state index in [9.17, 15) is 14.4 Å². The minimum Gasteiger partial charge on any atom is -0.461 e. The third-order valence-electron chi connectivity index (χ3n) is 7.17. The fraction of sp³-hybridized carbons (Fsp3) is 0.750. The van der Waals surface area contributed by atoms with Crippen LogP contribution in [0.25, 0.3) is 0 Å². The van der Waals surface area contributed by atoms with Gasteiger partial charge in [-0.2, -0.15) is 0 Å². The second kappa shape index (κ2) is 5.83. The van der Waals surface area contributed by atoms with Crippen molar-refractivity contribution in [3.63, 3.8) is 0 Å². The van der Waals surface area contributed by atoms with Crippen molar-refractivity contribution in [1.82, 2.24) is 0 Å². The Morgan fingerprint density at radius 2 is 2.04 bits per heavy atom. The molecule has 0 aromatic rings. The number of fused-ring (bicyclic) bond motifs is 2. The molecule has 2 saturated carbocycles. The quantitative estimate of drug-likeness (QED) is 0.567. The monoisotopic (exact) mass is 362 g/mol. The van der Waals surface area contributed by atoms with Gasteiger partial charge in [0.25, 0.3) is 0 Å². The van der Waals surface area contributed by atoms with Crippen LogP contribution in [0, 0.1) is 23.2 Å². The Bertz CT molecular complexity index is 709. The number of ether oxygens (including phenoxy) is 3. The molecule has 6 heteroatoms. The number of carbonyl (C=O) groups excluding carboxylic acids is 3. The van der Waals surface area contributed by atoms with Crippen LogP contribution in [0.1, 0.15) is 53.4 Å². The molecular weight excluding hydrogens is 336 g/mol. The Kier molecular flexibility index (Phi) is 3.93. The van der Waals surface area contributed by atoms with Crippen LogP contribution in [-0.4, -0.2) is 36.2 Å². The van der Waals surface area contributed by atoms with Gasteiger partial charge in [0.1, 0.15) is 24.2 Å². The van der Waals surface area contributed by atoms with Crippen molar-refractivity contribution in [1.29, 1.82) is 0 Å². The van der Waals surface area contributed by atoms with Gasteiger partial charge in [0, 0.05) is 16.6 Å². The van der Waals surface area contributed by atoms with E-state index in [2.05, 4.69) is 6.92 Å². The average molecular weight is 362 g/mol. The van der Waals surface area contributed by atoms with Gasteiger partial charge in [0.15, 0.2) is 0 Å².